The minimum Gasteiger partial charge on any atom is -0.341 e. The molecule has 1 aliphatic heterocycles. The molecule has 1 aromatic heterocycles. The van der Waals surface area contributed by atoms with Gasteiger partial charge in [-0.1, -0.05) is 48.8 Å². The highest BCUT2D eigenvalue weighted by molar-refractivity contribution is 5.76. The Labute approximate surface area is 184 Å². The number of aryl methyl sites for hydroxylation is 1. The van der Waals surface area contributed by atoms with E-state index in [9.17, 15) is 9.59 Å². The Hall–Kier alpha value is -2.74. The molecule has 1 aromatic carbocycles. The lowest BCUT2D eigenvalue weighted by molar-refractivity contribution is -0.133. The summed E-state index contributed by atoms with van der Waals surface area (Å²) in [5, 5.41) is 4.06. The first kappa shape index (κ1) is 22.9. The van der Waals surface area contributed by atoms with Gasteiger partial charge in [0.1, 0.15) is 0 Å². The van der Waals surface area contributed by atoms with Gasteiger partial charge in [0.25, 0.3) is 0 Å². The predicted octanol–water partition coefficient (Wildman–Crippen LogP) is 2.50. The van der Waals surface area contributed by atoms with E-state index in [1.54, 1.807) is 11.9 Å². The molecule has 2 amide bonds. The fraction of sp³-hybridized carbons (Fsp3) is 0.565. The van der Waals surface area contributed by atoms with E-state index in [0.29, 0.717) is 44.1 Å². The zero-order chi connectivity index (χ0) is 22.1. The third-order valence-electron chi connectivity index (χ3n) is 5.59. The molecule has 2 heterocycles. The van der Waals surface area contributed by atoms with Gasteiger partial charge in [0.2, 0.25) is 17.7 Å². The van der Waals surface area contributed by atoms with Gasteiger partial charge in [-0.15, -0.1) is 0 Å². The number of aromatic nitrogens is 2. The van der Waals surface area contributed by atoms with E-state index in [2.05, 4.69) is 22.0 Å². The second-order valence-electron chi connectivity index (χ2n) is 8.10. The van der Waals surface area contributed by atoms with Gasteiger partial charge in [0.15, 0.2) is 5.82 Å². The van der Waals surface area contributed by atoms with Crippen LogP contribution in [-0.2, 0) is 29.1 Å². The van der Waals surface area contributed by atoms with Gasteiger partial charge in [0.05, 0.1) is 6.54 Å². The molecule has 1 fully saturated rings. The Kier molecular flexibility index (Phi) is 8.58. The highest BCUT2D eigenvalue weighted by Crippen LogP contribution is 2.11. The summed E-state index contributed by atoms with van der Waals surface area (Å²) >= 11 is 0. The number of hydrogen-bond donors (Lipinski definition) is 0. The summed E-state index contributed by atoms with van der Waals surface area (Å²) < 4.78 is 5.34. The molecular formula is C23H33N5O3. The standard InChI is InChI=1S/C23H33N5O3/c1-3-4-10-23(30)28-15-13-27(14-16-28)18-20-24-21(31-25-20)11-12-22(29)26(2)17-19-8-6-5-7-9-19/h5-9H,3-4,10-18H2,1-2H3. The first-order chi connectivity index (χ1) is 15.0. The molecule has 1 aliphatic rings. The molecule has 0 aliphatic carbocycles. The molecule has 1 saturated heterocycles. The lowest BCUT2D eigenvalue weighted by Gasteiger charge is -2.34. The number of hydrogen-bond acceptors (Lipinski definition) is 6. The summed E-state index contributed by atoms with van der Waals surface area (Å²) in [5.74, 6) is 1.42. The lowest BCUT2D eigenvalue weighted by Crippen LogP contribution is -2.48. The van der Waals surface area contributed by atoms with Crippen molar-refractivity contribution in [3.8, 4) is 0 Å². The van der Waals surface area contributed by atoms with Crippen molar-refractivity contribution < 1.29 is 14.1 Å². The van der Waals surface area contributed by atoms with Gasteiger partial charge < -0.3 is 14.3 Å². The van der Waals surface area contributed by atoms with Crippen LogP contribution in [-0.4, -0.2) is 69.9 Å². The first-order valence-electron chi connectivity index (χ1n) is 11.1. The van der Waals surface area contributed by atoms with Gasteiger partial charge in [-0.25, -0.2) is 0 Å². The molecule has 3 rings (SSSR count). The first-order valence-corrected chi connectivity index (χ1v) is 11.1. The number of carbonyl (C=O) groups excluding carboxylic acids is 2. The summed E-state index contributed by atoms with van der Waals surface area (Å²) in [6, 6.07) is 9.92. The molecule has 2 aromatic rings. The molecule has 0 N–H and O–H groups in total. The number of nitrogens with zero attached hydrogens (tertiary/aromatic N) is 5. The molecule has 0 radical (unpaired) electrons. The van der Waals surface area contributed by atoms with Crippen LogP contribution < -0.4 is 0 Å². The normalized spacial score (nSPS) is 14.6. The van der Waals surface area contributed by atoms with Crippen LogP contribution in [0.1, 0.15) is 49.9 Å². The lowest BCUT2D eigenvalue weighted by atomic mass is 10.2. The molecule has 8 heteroatoms. The zero-order valence-electron chi connectivity index (χ0n) is 18.6. The van der Waals surface area contributed by atoms with Crippen molar-refractivity contribution in [2.24, 2.45) is 0 Å². The van der Waals surface area contributed by atoms with Crippen LogP contribution in [0.25, 0.3) is 0 Å². The largest absolute Gasteiger partial charge is 0.341 e. The van der Waals surface area contributed by atoms with Crippen LogP contribution >= 0.6 is 0 Å². The Morgan fingerprint density at radius 2 is 1.84 bits per heavy atom. The van der Waals surface area contributed by atoms with Gasteiger partial charge >= 0.3 is 0 Å². The summed E-state index contributed by atoms with van der Waals surface area (Å²) in [6.45, 7) is 6.40. The van der Waals surface area contributed by atoms with Crippen molar-refractivity contribution in [1.29, 1.82) is 0 Å². The van der Waals surface area contributed by atoms with Gasteiger partial charge in [-0.3, -0.25) is 14.5 Å². The molecule has 0 saturated carbocycles. The predicted molar refractivity (Wildman–Crippen MR) is 117 cm³/mol. The Morgan fingerprint density at radius 3 is 2.55 bits per heavy atom. The van der Waals surface area contributed by atoms with Crippen molar-refractivity contribution in [1.82, 2.24) is 24.8 Å². The smallest absolute Gasteiger partial charge is 0.227 e. The van der Waals surface area contributed by atoms with Crippen molar-refractivity contribution in [3.05, 3.63) is 47.6 Å². The minimum absolute atomic E-state index is 0.0486. The number of rotatable bonds is 10. The van der Waals surface area contributed by atoms with Crippen LogP contribution in [0.4, 0.5) is 0 Å². The maximum absolute atomic E-state index is 12.4. The number of carbonyl (C=O) groups is 2. The Morgan fingerprint density at radius 1 is 1.10 bits per heavy atom. The fourth-order valence-electron chi connectivity index (χ4n) is 3.65. The van der Waals surface area contributed by atoms with E-state index in [-0.39, 0.29) is 11.8 Å². The molecule has 0 spiro atoms. The zero-order valence-corrected chi connectivity index (χ0v) is 18.6. The maximum Gasteiger partial charge on any atom is 0.227 e. The fourth-order valence-corrected chi connectivity index (χ4v) is 3.65. The number of amides is 2. The SMILES string of the molecule is CCCCC(=O)N1CCN(Cc2noc(CCC(=O)N(C)Cc3ccccc3)n2)CC1. The van der Waals surface area contributed by atoms with E-state index >= 15 is 0 Å². The molecule has 8 nitrogen and oxygen atoms in total. The molecule has 0 atom stereocenters. The topological polar surface area (TPSA) is 82.8 Å². The van der Waals surface area contributed by atoms with Crippen LogP contribution in [0.3, 0.4) is 0 Å². The van der Waals surface area contributed by atoms with Crippen LogP contribution in [0, 0.1) is 0 Å². The van der Waals surface area contributed by atoms with E-state index in [1.165, 1.54) is 0 Å². The minimum atomic E-state index is 0.0486. The summed E-state index contributed by atoms with van der Waals surface area (Å²) in [6.07, 6.45) is 3.41. The second kappa shape index (κ2) is 11.6. The Bertz CT molecular complexity index is 831. The highest BCUT2D eigenvalue weighted by atomic mass is 16.5. The highest BCUT2D eigenvalue weighted by Gasteiger charge is 2.22. The third kappa shape index (κ3) is 7.17. The maximum atomic E-state index is 12.4. The number of unbranched alkanes of at least 4 members (excludes halogenated alkanes) is 1. The molecule has 0 bridgehead atoms. The van der Waals surface area contributed by atoms with E-state index in [1.807, 2.05) is 35.2 Å². The van der Waals surface area contributed by atoms with E-state index in [4.69, 9.17) is 4.52 Å². The number of piperazine rings is 1. The van der Waals surface area contributed by atoms with E-state index in [0.717, 1.165) is 44.6 Å². The third-order valence-corrected chi connectivity index (χ3v) is 5.59. The number of benzene rings is 1. The van der Waals surface area contributed by atoms with E-state index < -0.39 is 0 Å². The summed E-state index contributed by atoms with van der Waals surface area (Å²) in [5.41, 5.74) is 1.10. The van der Waals surface area contributed by atoms with Crippen LogP contribution in [0.15, 0.2) is 34.9 Å². The summed E-state index contributed by atoms with van der Waals surface area (Å²) in [4.78, 5) is 34.9. The van der Waals surface area contributed by atoms with Crippen molar-refractivity contribution in [2.75, 3.05) is 33.2 Å². The monoisotopic (exact) mass is 427 g/mol. The molecule has 31 heavy (non-hydrogen) atoms. The van der Waals surface area contributed by atoms with Gasteiger partial charge in [0, 0.05) is 59.0 Å². The van der Waals surface area contributed by atoms with Crippen LogP contribution in [0.5, 0.6) is 0 Å². The van der Waals surface area contributed by atoms with Gasteiger partial charge in [-0.2, -0.15) is 4.98 Å². The average Bonchev–Trinajstić information content (AvgIpc) is 3.24. The molecular weight excluding hydrogens is 394 g/mol. The van der Waals surface area contributed by atoms with Crippen molar-refractivity contribution in [2.45, 2.75) is 52.1 Å². The van der Waals surface area contributed by atoms with Crippen LogP contribution in [0.2, 0.25) is 0 Å². The molecule has 168 valence electrons. The quantitative estimate of drug-likeness (QED) is 0.579. The van der Waals surface area contributed by atoms with Crippen molar-refractivity contribution in [3.63, 3.8) is 0 Å². The Balaban J connectivity index is 1.38. The average molecular weight is 428 g/mol. The van der Waals surface area contributed by atoms with Crippen molar-refractivity contribution >= 4 is 11.8 Å². The second-order valence-corrected chi connectivity index (χ2v) is 8.10. The van der Waals surface area contributed by atoms with Gasteiger partial charge in [-0.05, 0) is 12.0 Å². The summed E-state index contributed by atoms with van der Waals surface area (Å²) in [7, 11) is 1.81. The molecule has 0 unspecified atom stereocenters.